The molecule has 0 fully saturated rings. The van der Waals surface area contributed by atoms with E-state index in [9.17, 15) is 16.9 Å². The van der Waals surface area contributed by atoms with Gasteiger partial charge in [-0.05, 0) is 51.5 Å². The molecule has 32 heavy (non-hydrogen) atoms. The fourth-order valence-corrected chi connectivity index (χ4v) is 5.20. The molecule has 0 unspecified atom stereocenters. The molecule has 8 heteroatoms. The second-order valence-electron chi connectivity index (χ2n) is 7.51. The van der Waals surface area contributed by atoms with Crippen LogP contribution >= 0.6 is 0 Å². The molecule has 0 saturated carbocycles. The molecule has 0 nitrogen and oxygen atoms in total. The van der Waals surface area contributed by atoms with Crippen LogP contribution in [0, 0.1) is 0 Å². The molecule has 0 radical (unpaired) electrons. The van der Waals surface area contributed by atoms with E-state index < -0.39 is 19.5 Å². The van der Waals surface area contributed by atoms with Crippen molar-refractivity contribution in [3.8, 4) is 0 Å². The SMILES string of the molecule is CC[S+](Cc1ccc2ccccc2c1)Cc1ccc2ccccc2c1.[F][Sb-]([F])([F])([F])([F])[F]. The van der Waals surface area contributed by atoms with Gasteiger partial charge in [0.2, 0.25) is 0 Å². The summed E-state index contributed by atoms with van der Waals surface area (Å²) in [6, 6.07) is 31.1. The van der Waals surface area contributed by atoms with Crippen LogP contribution in [0.2, 0.25) is 0 Å². The van der Waals surface area contributed by atoms with Crippen LogP contribution in [0.3, 0.4) is 0 Å². The van der Waals surface area contributed by atoms with E-state index in [4.69, 9.17) is 0 Å². The molecular weight excluding hydrogens is 556 g/mol. The number of benzene rings is 4. The third kappa shape index (κ3) is 8.95. The number of hydrogen-bond acceptors (Lipinski definition) is 0. The Labute approximate surface area is 188 Å². The van der Waals surface area contributed by atoms with Gasteiger partial charge in [-0.15, -0.1) is 0 Å². The van der Waals surface area contributed by atoms with Gasteiger partial charge in [-0.2, -0.15) is 0 Å². The number of rotatable bonds is 5. The number of fused-ring (bicyclic) bond motifs is 2. The molecule has 0 atom stereocenters. The van der Waals surface area contributed by atoms with E-state index in [0.717, 1.165) is 0 Å². The van der Waals surface area contributed by atoms with Crippen LogP contribution in [0.5, 0.6) is 0 Å². The zero-order valence-corrected chi connectivity index (χ0v) is 20.7. The average molecular weight is 579 g/mol. The molecule has 0 aromatic heterocycles. The van der Waals surface area contributed by atoms with Crippen molar-refractivity contribution < 1.29 is 16.9 Å². The van der Waals surface area contributed by atoms with Gasteiger partial charge >= 0.3 is 36.4 Å². The molecule has 0 N–H and O–H groups in total. The Balaban J connectivity index is 0.000000360. The Morgan fingerprint density at radius 1 is 0.562 bits per heavy atom. The summed E-state index contributed by atoms with van der Waals surface area (Å²) in [5.41, 5.74) is 2.93. The van der Waals surface area contributed by atoms with Gasteiger partial charge in [0.15, 0.2) is 0 Å². The molecule has 0 aliphatic carbocycles. The maximum absolute atomic E-state index is 11.2. The molecule has 0 spiro atoms. The van der Waals surface area contributed by atoms with Gasteiger partial charge < -0.3 is 0 Å². The molecular formula is C24H23F6SSb. The van der Waals surface area contributed by atoms with E-state index in [1.165, 1.54) is 49.9 Å². The fourth-order valence-electron chi connectivity index (χ4n) is 3.38. The van der Waals surface area contributed by atoms with E-state index >= 15 is 0 Å². The summed E-state index contributed by atoms with van der Waals surface area (Å²) in [6.45, 7) is 2.32. The maximum atomic E-state index is 9.93. The van der Waals surface area contributed by atoms with Crippen molar-refractivity contribution in [1.29, 1.82) is 0 Å². The summed E-state index contributed by atoms with van der Waals surface area (Å²) in [7, 11) is 0.381. The van der Waals surface area contributed by atoms with Crippen LogP contribution in [0.15, 0.2) is 84.9 Å². The van der Waals surface area contributed by atoms with Crippen molar-refractivity contribution >= 4 is 51.9 Å². The first-order valence-electron chi connectivity index (χ1n) is 9.93. The first kappa shape index (κ1) is 24.8. The van der Waals surface area contributed by atoms with Crippen LogP contribution in [0.25, 0.3) is 21.5 Å². The average Bonchev–Trinajstić information content (AvgIpc) is 2.71. The zero-order valence-electron chi connectivity index (χ0n) is 17.3. The predicted molar refractivity (Wildman–Crippen MR) is 126 cm³/mol. The Morgan fingerprint density at radius 3 is 1.25 bits per heavy atom. The Morgan fingerprint density at radius 2 is 0.906 bits per heavy atom. The van der Waals surface area contributed by atoms with E-state index in [1.54, 1.807) is 0 Å². The van der Waals surface area contributed by atoms with E-state index in [1.807, 2.05) is 0 Å². The van der Waals surface area contributed by atoms with Gasteiger partial charge in [-0.1, -0.05) is 72.8 Å². The summed E-state index contributed by atoms with van der Waals surface area (Å²) >= 11 is -11.2. The molecule has 0 aliphatic rings. The van der Waals surface area contributed by atoms with Gasteiger partial charge in [-0.25, -0.2) is 0 Å². The molecule has 0 heterocycles. The summed E-state index contributed by atoms with van der Waals surface area (Å²) < 4.78 is 59.6. The van der Waals surface area contributed by atoms with E-state index in [2.05, 4.69) is 91.9 Å². The van der Waals surface area contributed by atoms with Crippen molar-refractivity contribution in [2.75, 3.05) is 5.75 Å². The second-order valence-corrected chi connectivity index (χ2v) is 15.4. The van der Waals surface area contributed by atoms with Gasteiger partial charge in [0, 0.05) is 11.1 Å². The summed E-state index contributed by atoms with van der Waals surface area (Å²) in [5, 5.41) is 5.37. The summed E-state index contributed by atoms with van der Waals surface area (Å²) in [4.78, 5) is 0. The van der Waals surface area contributed by atoms with Crippen LogP contribution in [-0.4, -0.2) is 25.2 Å². The van der Waals surface area contributed by atoms with Gasteiger partial charge in [0.25, 0.3) is 0 Å². The van der Waals surface area contributed by atoms with Crippen molar-refractivity contribution in [2.24, 2.45) is 0 Å². The van der Waals surface area contributed by atoms with Crippen molar-refractivity contribution in [3.63, 3.8) is 0 Å². The first-order valence-corrected chi connectivity index (χ1v) is 17.4. The van der Waals surface area contributed by atoms with Gasteiger partial charge in [-0.3, -0.25) is 0 Å². The fraction of sp³-hybridized carbons (Fsp3) is 0.167. The van der Waals surface area contributed by atoms with Crippen LogP contribution in [-0.2, 0) is 22.4 Å². The summed E-state index contributed by atoms with van der Waals surface area (Å²) in [5.74, 6) is 3.59. The molecule has 0 bridgehead atoms. The monoisotopic (exact) mass is 578 g/mol. The van der Waals surface area contributed by atoms with Crippen LogP contribution in [0.1, 0.15) is 18.1 Å². The normalized spacial score (nSPS) is 14.0. The van der Waals surface area contributed by atoms with Crippen molar-refractivity contribution in [1.82, 2.24) is 0 Å². The minimum absolute atomic E-state index is 0.381. The molecule has 0 amide bonds. The van der Waals surface area contributed by atoms with Gasteiger partial charge in [0.05, 0.1) is 0 Å². The first-order chi connectivity index (χ1) is 14.8. The van der Waals surface area contributed by atoms with Crippen LogP contribution in [0.4, 0.5) is 16.9 Å². The summed E-state index contributed by atoms with van der Waals surface area (Å²) in [6.07, 6.45) is 0. The minimum atomic E-state index is -11.2. The standard InChI is InChI=1S/C24H23S.6FH.Sb/c1-2-25(17-19-11-13-21-7-3-5-9-23(21)15-19)18-20-12-14-22-8-4-6-10-24(22)16-20;;;;;;;/h3-16H,2,17-18H2,1H3;6*1H;/q+1;;;;;;;+5/p-6. The van der Waals surface area contributed by atoms with Crippen molar-refractivity contribution in [2.45, 2.75) is 18.4 Å². The molecule has 4 rings (SSSR count). The molecule has 172 valence electrons. The molecule has 4 aromatic rings. The van der Waals surface area contributed by atoms with Crippen LogP contribution < -0.4 is 0 Å². The molecule has 4 aromatic carbocycles. The Bertz CT molecular complexity index is 1130. The zero-order chi connectivity index (χ0) is 23.5. The molecule has 0 aliphatic heterocycles. The third-order valence-corrected chi connectivity index (χ3v) is 7.08. The molecule has 0 saturated heterocycles. The van der Waals surface area contributed by atoms with E-state index in [0.29, 0.717) is 10.9 Å². The van der Waals surface area contributed by atoms with E-state index in [-0.39, 0.29) is 0 Å². The topological polar surface area (TPSA) is 0 Å². The predicted octanol–water partition coefficient (Wildman–Crippen LogP) is 8.47. The number of halogens is 6. The third-order valence-electron chi connectivity index (χ3n) is 4.78. The Hall–Kier alpha value is -1.85. The number of hydrogen-bond donors (Lipinski definition) is 0. The second kappa shape index (κ2) is 8.83. The van der Waals surface area contributed by atoms with Gasteiger partial charge in [0.1, 0.15) is 17.3 Å². The Kier molecular flexibility index (Phi) is 6.84. The quantitative estimate of drug-likeness (QED) is 0.127. The van der Waals surface area contributed by atoms with Crippen molar-refractivity contribution in [3.05, 3.63) is 96.1 Å².